The van der Waals surface area contributed by atoms with Crippen molar-refractivity contribution in [3.05, 3.63) is 23.3 Å². The predicted octanol–water partition coefficient (Wildman–Crippen LogP) is 3.04. The van der Waals surface area contributed by atoms with E-state index in [0.29, 0.717) is 18.0 Å². The van der Waals surface area contributed by atoms with Crippen molar-refractivity contribution in [2.24, 2.45) is 5.92 Å². The van der Waals surface area contributed by atoms with Gasteiger partial charge in [-0.3, -0.25) is 0 Å². The van der Waals surface area contributed by atoms with E-state index in [9.17, 15) is 0 Å². The van der Waals surface area contributed by atoms with Gasteiger partial charge >= 0.3 is 0 Å². The summed E-state index contributed by atoms with van der Waals surface area (Å²) < 4.78 is 0. The molecule has 0 saturated heterocycles. The minimum absolute atomic E-state index is 0.596. The molecule has 0 saturated carbocycles. The first-order valence-electron chi connectivity index (χ1n) is 6.32. The monoisotopic (exact) mass is 216 g/mol. The van der Waals surface area contributed by atoms with Gasteiger partial charge in [0.05, 0.1) is 0 Å². The highest BCUT2D eigenvalue weighted by Crippen LogP contribution is 2.36. The van der Waals surface area contributed by atoms with Crippen LogP contribution in [0.5, 0.6) is 0 Å². The van der Waals surface area contributed by atoms with E-state index in [0.717, 1.165) is 0 Å². The maximum Gasteiger partial charge on any atom is 0.0396 e. The van der Waals surface area contributed by atoms with E-state index < -0.39 is 0 Å². The van der Waals surface area contributed by atoms with Crippen LogP contribution in [0, 0.1) is 5.92 Å². The van der Waals surface area contributed by atoms with Crippen LogP contribution in [-0.2, 0) is 12.8 Å². The molecule has 1 aromatic carbocycles. The van der Waals surface area contributed by atoms with Gasteiger partial charge in [0.25, 0.3) is 0 Å². The van der Waals surface area contributed by atoms with Crippen LogP contribution in [0.2, 0.25) is 0 Å². The Hall–Kier alpha value is -1.18. The number of rotatable bonds is 1. The topological polar surface area (TPSA) is 24.1 Å². The zero-order valence-electron chi connectivity index (χ0n) is 10.3. The summed E-state index contributed by atoms with van der Waals surface area (Å²) in [6, 6.07) is 5.92. The summed E-state index contributed by atoms with van der Waals surface area (Å²) in [7, 11) is 0. The first kappa shape index (κ1) is 10.0. The molecule has 2 aliphatic rings. The lowest BCUT2D eigenvalue weighted by atomic mass is 9.99. The molecule has 0 radical (unpaired) electrons. The van der Waals surface area contributed by atoms with Gasteiger partial charge in [-0.25, -0.2) is 0 Å². The summed E-state index contributed by atoms with van der Waals surface area (Å²) in [5.74, 6) is 0.703. The highest BCUT2D eigenvalue weighted by atomic mass is 15.0. The number of hydrogen-bond acceptors (Lipinski definition) is 2. The molecule has 2 nitrogen and oxygen atoms in total. The molecule has 2 heterocycles. The molecule has 2 aliphatic heterocycles. The minimum Gasteiger partial charge on any atom is -0.382 e. The van der Waals surface area contributed by atoms with Gasteiger partial charge in [0.2, 0.25) is 0 Å². The second-order valence-corrected chi connectivity index (χ2v) is 5.61. The molecule has 3 rings (SSSR count). The third kappa shape index (κ3) is 1.48. The van der Waals surface area contributed by atoms with Crippen LogP contribution < -0.4 is 10.6 Å². The Bertz CT molecular complexity index is 388. The third-order valence-corrected chi connectivity index (χ3v) is 3.84. The van der Waals surface area contributed by atoms with Crippen LogP contribution in [0.3, 0.4) is 0 Å². The van der Waals surface area contributed by atoms with E-state index >= 15 is 0 Å². The van der Waals surface area contributed by atoms with Crippen LogP contribution in [-0.4, -0.2) is 12.1 Å². The van der Waals surface area contributed by atoms with Crippen molar-refractivity contribution in [2.45, 2.75) is 45.7 Å². The van der Waals surface area contributed by atoms with E-state index in [4.69, 9.17) is 0 Å². The van der Waals surface area contributed by atoms with Gasteiger partial charge in [-0.15, -0.1) is 0 Å². The molecular weight excluding hydrogens is 196 g/mol. The Balaban J connectivity index is 1.92. The first-order valence-corrected chi connectivity index (χ1v) is 6.32. The van der Waals surface area contributed by atoms with Crippen LogP contribution in [0.1, 0.15) is 31.9 Å². The lowest BCUT2D eigenvalue weighted by molar-refractivity contribution is 0.538. The second-order valence-electron chi connectivity index (χ2n) is 5.61. The lowest BCUT2D eigenvalue weighted by Crippen LogP contribution is -2.21. The summed E-state index contributed by atoms with van der Waals surface area (Å²) in [5.41, 5.74) is 5.69. The fraction of sp³-hybridized carbons (Fsp3) is 0.571. The summed E-state index contributed by atoms with van der Waals surface area (Å²) >= 11 is 0. The summed E-state index contributed by atoms with van der Waals surface area (Å²) in [5, 5.41) is 7.17. The van der Waals surface area contributed by atoms with Gasteiger partial charge in [0.1, 0.15) is 0 Å². The number of benzene rings is 1. The Labute approximate surface area is 97.4 Å². The number of nitrogens with one attached hydrogen (secondary N) is 2. The molecule has 86 valence electrons. The molecular formula is C14H20N2. The largest absolute Gasteiger partial charge is 0.382 e. The smallest absolute Gasteiger partial charge is 0.0396 e. The summed E-state index contributed by atoms with van der Waals surface area (Å²) in [6.07, 6.45) is 2.36. The van der Waals surface area contributed by atoms with Gasteiger partial charge in [0.15, 0.2) is 0 Å². The quantitative estimate of drug-likeness (QED) is 0.754. The van der Waals surface area contributed by atoms with Crippen LogP contribution in [0.4, 0.5) is 11.4 Å². The fourth-order valence-corrected chi connectivity index (χ4v) is 2.84. The van der Waals surface area contributed by atoms with Crippen molar-refractivity contribution in [2.75, 3.05) is 10.6 Å². The number of anilines is 2. The zero-order valence-corrected chi connectivity index (χ0v) is 10.3. The molecule has 0 aromatic heterocycles. The molecule has 0 spiro atoms. The van der Waals surface area contributed by atoms with Crippen LogP contribution in [0.25, 0.3) is 0 Å². The van der Waals surface area contributed by atoms with E-state index in [2.05, 4.69) is 43.5 Å². The van der Waals surface area contributed by atoms with Crippen molar-refractivity contribution < 1.29 is 0 Å². The predicted molar refractivity (Wildman–Crippen MR) is 69.2 cm³/mol. The molecule has 0 bridgehead atoms. The van der Waals surface area contributed by atoms with Crippen molar-refractivity contribution in [3.63, 3.8) is 0 Å². The lowest BCUT2D eigenvalue weighted by Gasteiger charge is -2.14. The SMILES string of the molecule is CC1Cc2cc3c(cc2N1)NC(C(C)C)C3. The van der Waals surface area contributed by atoms with Gasteiger partial charge in [0, 0.05) is 23.5 Å². The summed E-state index contributed by atoms with van der Waals surface area (Å²) in [6.45, 7) is 6.82. The Morgan fingerprint density at radius 1 is 1.06 bits per heavy atom. The van der Waals surface area contributed by atoms with Gasteiger partial charge < -0.3 is 10.6 Å². The zero-order chi connectivity index (χ0) is 11.3. The minimum atomic E-state index is 0.596. The number of hydrogen-bond donors (Lipinski definition) is 2. The molecule has 16 heavy (non-hydrogen) atoms. The van der Waals surface area contributed by atoms with Gasteiger partial charge in [-0.2, -0.15) is 0 Å². The van der Waals surface area contributed by atoms with Crippen LogP contribution >= 0.6 is 0 Å². The van der Waals surface area contributed by atoms with E-state index in [-0.39, 0.29) is 0 Å². The van der Waals surface area contributed by atoms with Crippen molar-refractivity contribution in [1.29, 1.82) is 0 Å². The molecule has 0 amide bonds. The van der Waals surface area contributed by atoms with E-state index in [1.165, 1.54) is 35.3 Å². The van der Waals surface area contributed by atoms with Crippen molar-refractivity contribution in [3.8, 4) is 0 Å². The standard InChI is InChI=1S/C14H20N2/c1-8(2)12-6-11-5-10-4-9(3)15-13(10)7-14(11)16-12/h5,7-9,12,15-16H,4,6H2,1-3H3. The molecule has 1 aromatic rings. The highest BCUT2D eigenvalue weighted by molar-refractivity contribution is 5.70. The number of fused-ring (bicyclic) bond motifs is 2. The van der Waals surface area contributed by atoms with Gasteiger partial charge in [-0.05, 0) is 42.9 Å². The Morgan fingerprint density at radius 2 is 1.75 bits per heavy atom. The average molecular weight is 216 g/mol. The van der Waals surface area contributed by atoms with E-state index in [1.54, 1.807) is 0 Å². The first-order chi connectivity index (χ1) is 7.63. The molecule has 0 fully saturated rings. The fourth-order valence-electron chi connectivity index (χ4n) is 2.84. The second kappa shape index (κ2) is 3.41. The summed E-state index contributed by atoms with van der Waals surface area (Å²) in [4.78, 5) is 0. The molecule has 2 N–H and O–H groups in total. The van der Waals surface area contributed by atoms with Crippen molar-refractivity contribution in [1.82, 2.24) is 0 Å². The third-order valence-electron chi connectivity index (χ3n) is 3.84. The highest BCUT2D eigenvalue weighted by Gasteiger charge is 2.26. The molecule has 2 heteroatoms. The van der Waals surface area contributed by atoms with Gasteiger partial charge in [-0.1, -0.05) is 19.9 Å². The molecule has 0 aliphatic carbocycles. The van der Waals surface area contributed by atoms with E-state index in [1.807, 2.05) is 0 Å². The molecule has 2 unspecified atom stereocenters. The van der Waals surface area contributed by atoms with Crippen LogP contribution in [0.15, 0.2) is 12.1 Å². The maximum atomic E-state index is 3.64. The Morgan fingerprint density at radius 3 is 2.50 bits per heavy atom. The average Bonchev–Trinajstić information content (AvgIpc) is 2.74. The Kier molecular flexibility index (Phi) is 2.13. The molecule has 2 atom stereocenters. The van der Waals surface area contributed by atoms with Crippen molar-refractivity contribution >= 4 is 11.4 Å². The normalized spacial score (nSPS) is 26.2. The maximum absolute atomic E-state index is 3.64.